The first kappa shape index (κ1) is 14.6. The molecule has 0 aliphatic heterocycles. The van der Waals surface area contributed by atoms with E-state index in [0.29, 0.717) is 22.2 Å². The summed E-state index contributed by atoms with van der Waals surface area (Å²) in [5.74, 6) is 0.671. The maximum atomic E-state index is 12.2. The van der Waals surface area contributed by atoms with E-state index in [1.807, 2.05) is 6.92 Å². The van der Waals surface area contributed by atoms with Gasteiger partial charge in [-0.2, -0.15) is 0 Å². The van der Waals surface area contributed by atoms with Crippen molar-refractivity contribution in [2.24, 2.45) is 5.92 Å². The molecule has 0 bridgehead atoms. The second-order valence-electron chi connectivity index (χ2n) is 5.32. The molecule has 19 heavy (non-hydrogen) atoms. The number of rotatable bonds is 5. The van der Waals surface area contributed by atoms with Gasteiger partial charge in [0.05, 0.1) is 4.90 Å². The third-order valence-corrected chi connectivity index (χ3v) is 5.37. The molecule has 0 heterocycles. The van der Waals surface area contributed by atoms with Crippen molar-refractivity contribution in [1.29, 1.82) is 0 Å². The van der Waals surface area contributed by atoms with Gasteiger partial charge in [-0.15, -0.1) is 0 Å². The maximum absolute atomic E-state index is 12.2. The summed E-state index contributed by atoms with van der Waals surface area (Å²) < 4.78 is 27.1. The molecule has 4 nitrogen and oxygen atoms in total. The number of nitrogen functional groups attached to an aromatic ring is 1. The molecular formula is C13H19ClN2O2S. The highest BCUT2D eigenvalue weighted by atomic mass is 35.5. The fraction of sp³-hybridized carbons (Fsp3) is 0.538. The van der Waals surface area contributed by atoms with Crippen molar-refractivity contribution in [2.75, 3.05) is 5.73 Å². The number of hydrogen-bond donors (Lipinski definition) is 2. The van der Waals surface area contributed by atoms with Crippen LogP contribution in [0.15, 0.2) is 17.0 Å². The Hall–Kier alpha value is -0.780. The number of anilines is 1. The Kier molecular flexibility index (Phi) is 4.08. The van der Waals surface area contributed by atoms with E-state index in [4.69, 9.17) is 17.3 Å². The number of nitrogens with two attached hydrogens (primary N) is 1. The van der Waals surface area contributed by atoms with Crippen LogP contribution in [0.5, 0.6) is 0 Å². The van der Waals surface area contributed by atoms with Gasteiger partial charge in [-0.1, -0.05) is 24.4 Å². The minimum atomic E-state index is -3.55. The van der Waals surface area contributed by atoms with Gasteiger partial charge in [-0.25, -0.2) is 13.1 Å². The molecule has 1 aromatic rings. The van der Waals surface area contributed by atoms with Crippen LogP contribution in [0.4, 0.5) is 5.69 Å². The molecule has 3 N–H and O–H groups in total. The molecule has 1 unspecified atom stereocenters. The van der Waals surface area contributed by atoms with Gasteiger partial charge in [0, 0.05) is 16.8 Å². The molecule has 1 aromatic carbocycles. The van der Waals surface area contributed by atoms with Crippen molar-refractivity contribution in [3.8, 4) is 0 Å². The molecule has 6 heteroatoms. The van der Waals surface area contributed by atoms with Crippen LogP contribution >= 0.6 is 11.6 Å². The second kappa shape index (κ2) is 5.31. The van der Waals surface area contributed by atoms with E-state index in [2.05, 4.69) is 4.72 Å². The Balaban J connectivity index is 2.18. The summed E-state index contributed by atoms with van der Waals surface area (Å²) in [5.41, 5.74) is 6.86. The topological polar surface area (TPSA) is 72.2 Å². The molecule has 1 atom stereocenters. The lowest BCUT2D eigenvalue weighted by Crippen LogP contribution is -2.33. The predicted octanol–water partition coefficient (Wildman–Crippen LogP) is 2.70. The van der Waals surface area contributed by atoms with E-state index >= 15 is 0 Å². The molecular weight excluding hydrogens is 284 g/mol. The van der Waals surface area contributed by atoms with Crippen molar-refractivity contribution in [2.45, 2.75) is 44.0 Å². The summed E-state index contributed by atoms with van der Waals surface area (Å²) >= 11 is 5.98. The van der Waals surface area contributed by atoms with Crippen molar-refractivity contribution in [1.82, 2.24) is 4.72 Å². The first-order valence-electron chi connectivity index (χ1n) is 6.37. The highest BCUT2D eigenvalue weighted by Gasteiger charge is 2.26. The van der Waals surface area contributed by atoms with Crippen LogP contribution in [0.3, 0.4) is 0 Å². The third-order valence-electron chi connectivity index (χ3n) is 3.41. The standard InChI is InChI=1S/C13H19ClN2O2S/c1-8(5-10-3-4-10)16-19(17,18)11-6-12(14)9(2)13(15)7-11/h6-8,10,16H,3-5,15H2,1-2H3. The van der Waals surface area contributed by atoms with Gasteiger partial charge in [0.1, 0.15) is 0 Å². The third kappa shape index (κ3) is 3.61. The van der Waals surface area contributed by atoms with Crippen molar-refractivity contribution >= 4 is 27.3 Å². The number of halogens is 1. The van der Waals surface area contributed by atoms with Crippen molar-refractivity contribution in [3.05, 3.63) is 22.7 Å². The number of sulfonamides is 1. The van der Waals surface area contributed by atoms with E-state index in [1.54, 1.807) is 6.92 Å². The Bertz CT molecular complexity index is 559. The first-order valence-corrected chi connectivity index (χ1v) is 8.23. The zero-order valence-electron chi connectivity index (χ0n) is 11.1. The number of nitrogens with one attached hydrogen (secondary N) is 1. The first-order chi connectivity index (χ1) is 8.79. The molecule has 106 valence electrons. The lowest BCUT2D eigenvalue weighted by atomic mass is 10.2. The van der Waals surface area contributed by atoms with E-state index in [-0.39, 0.29) is 10.9 Å². The molecule has 0 saturated heterocycles. The smallest absolute Gasteiger partial charge is 0.240 e. The Morgan fingerprint density at radius 2 is 2.11 bits per heavy atom. The van der Waals surface area contributed by atoms with Gasteiger partial charge in [-0.05, 0) is 43.9 Å². The predicted molar refractivity (Wildman–Crippen MR) is 77.7 cm³/mol. The Labute approximate surface area is 119 Å². The van der Waals surface area contributed by atoms with Crippen molar-refractivity contribution in [3.63, 3.8) is 0 Å². The summed E-state index contributed by atoms with van der Waals surface area (Å²) in [6.45, 7) is 3.65. The summed E-state index contributed by atoms with van der Waals surface area (Å²) in [6.07, 6.45) is 3.29. The molecule has 0 spiro atoms. The van der Waals surface area contributed by atoms with Gasteiger partial charge in [0.25, 0.3) is 0 Å². The largest absolute Gasteiger partial charge is 0.398 e. The Morgan fingerprint density at radius 3 is 2.63 bits per heavy atom. The SMILES string of the molecule is Cc1c(N)cc(S(=O)(=O)NC(C)CC2CC2)cc1Cl. The maximum Gasteiger partial charge on any atom is 0.240 e. The average molecular weight is 303 g/mol. The molecule has 1 fully saturated rings. The molecule has 0 amide bonds. The average Bonchev–Trinajstić information content (AvgIpc) is 3.08. The Morgan fingerprint density at radius 1 is 1.47 bits per heavy atom. The van der Waals surface area contributed by atoms with Crippen molar-refractivity contribution < 1.29 is 8.42 Å². The lowest BCUT2D eigenvalue weighted by molar-refractivity contribution is 0.530. The van der Waals surface area contributed by atoms with Gasteiger partial charge >= 0.3 is 0 Å². The van der Waals surface area contributed by atoms with Crippen LogP contribution in [0.1, 0.15) is 31.7 Å². The van der Waals surface area contributed by atoms with Crippen LogP contribution in [0.25, 0.3) is 0 Å². The molecule has 1 aliphatic carbocycles. The van der Waals surface area contributed by atoms with Crippen LogP contribution in [-0.4, -0.2) is 14.5 Å². The minimum Gasteiger partial charge on any atom is -0.398 e. The van der Waals surface area contributed by atoms with Crippen LogP contribution in [0.2, 0.25) is 5.02 Å². The van der Waals surface area contributed by atoms with E-state index < -0.39 is 10.0 Å². The summed E-state index contributed by atoms with van der Waals surface area (Å²) in [5, 5.41) is 0.371. The van der Waals surface area contributed by atoms with E-state index in [1.165, 1.54) is 25.0 Å². The minimum absolute atomic E-state index is 0.0706. The highest BCUT2D eigenvalue weighted by molar-refractivity contribution is 7.89. The highest BCUT2D eigenvalue weighted by Crippen LogP contribution is 2.34. The van der Waals surface area contributed by atoms with Gasteiger partial charge in [0.2, 0.25) is 10.0 Å². The fourth-order valence-corrected chi connectivity index (χ4v) is 3.67. The van der Waals surface area contributed by atoms with Gasteiger partial charge in [0.15, 0.2) is 0 Å². The summed E-state index contributed by atoms with van der Waals surface area (Å²) in [4.78, 5) is 0.128. The van der Waals surface area contributed by atoms with E-state index in [9.17, 15) is 8.42 Å². The normalized spacial score (nSPS) is 17.4. The quantitative estimate of drug-likeness (QED) is 0.821. The summed E-state index contributed by atoms with van der Waals surface area (Å²) in [6, 6.07) is 2.83. The lowest BCUT2D eigenvalue weighted by Gasteiger charge is -2.15. The van der Waals surface area contributed by atoms with E-state index in [0.717, 1.165) is 6.42 Å². The van der Waals surface area contributed by atoms with Crippen LogP contribution in [0, 0.1) is 12.8 Å². The molecule has 0 radical (unpaired) electrons. The van der Waals surface area contributed by atoms with Gasteiger partial charge in [-0.3, -0.25) is 0 Å². The molecule has 1 aliphatic rings. The number of hydrogen-bond acceptors (Lipinski definition) is 3. The van der Waals surface area contributed by atoms with Crippen LogP contribution in [-0.2, 0) is 10.0 Å². The number of benzene rings is 1. The summed E-state index contributed by atoms with van der Waals surface area (Å²) in [7, 11) is -3.55. The monoisotopic (exact) mass is 302 g/mol. The van der Waals surface area contributed by atoms with Gasteiger partial charge < -0.3 is 5.73 Å². The van der Waals surface area contributed by atoms with Crippen LogP contribution < -0.4 is 10.5 Å². The zero-order chi connectivity index (χ0) is 14.2. The fourth-order valence-electron chi connectivity index (χ4n) is 2.06. The second-order valence-corrected chi connectivity index (χ2v) is 7.44. The zero-order valence-corrected chi connectivity index (χ0v) is 12.7. The molecule has 2 rings (SSSR count). The molecule has 0 aromatic heterocycles. The molecule has 1 saturated carbocycles.